The number of benzene rings is 8. The second-order valence-electron chi connectivity index (χ2n) is 16.0. The number of azo groups is 4. The number of methoxy groups -OCH3 is 1. The molecule has 428 valence electrons. The Morgan fingerprint density at radius 2 is 0.939 bits per heavy atom. The van der Waals surface area contributed by atoms with Gasteiger partial charge in [-0.15, -0.1) is 43.7 Å². The van der Waals surface area contributed by atoms with Gasteiger partial charge < -0.3 is 30.9 Å². The lowest BCUT2D eigenvalue weighted by molar-refractivity contribution is -0.432. The number of hydrogen-bond donors (Lipinski definition) is 11. The maximum atomic E-state index is 12.9. The van der Waals surface area contributed by atoms with Gasteiger partial charge in [-0.2, -0.15) is 35.5 Å². The van der Waals surface area contributed by atoms with Crippen LogP contribution < -0.4 is 10.5 Å². The molecule has 0 aliphatic heterocycles. The average molecular weight is 1250 g/mol. The molecule has 32 nitrogen and oxygen atoms in total. The van der Waals surface area contributed by atoms with Crippen molar-refractivity contribution in [3.63, 3.8) is 0 Å². The van der Waals surface area contributed by atoms with E-state index in [1.54, 1.807) is 0 Å². The van der Waals surface area contributed by atoms with Gasteiger partial charge in [-0.1, -0.05) is 21.2 Å². The number of aliphatic hydroxyl groups is 1. The van der Waals surface area contributed by atoms with Crippen LogP contribution in [0.1, 0.15) is 5.56 Å². The molecule has 0 fully saturated rings. The van der Waals surface area contributed by atoms with E-state index in [0.717, 1.165) is 36.4 Å². The van der Waals surface area contributed by atoms with Crippen molar-refractivity contribution in [3.05, 3.63) is 103 Å². The maximum absolute atomic E-state index is 12.9. The molecule has 0 unspecified atom stereocenters. The minimum atomic E-state index is -5.25. The molecule has 0 radical (unpaired) electrons. The largest absolute Gasteiger partial charge is 0.505 e. The number of aliphatic hydroxyl groups excluding tert-OH is 1. The number of ether oxygens (including phenoxy) is 1. The van der Waals surface area contributed by atoms with E-state index in [0.29, 0.717) is 29.8 Å². The van der Waals surface area contributed by atoms with Gasteiger partial charge in [0.15, 0.2) is 17.2 Å². The Morgan fingerprint density at radius 1 is 0.476 bits per heavy atom. The van der Waals surface area contributed by atoms with Gasteiger partial charge in [0.1, 0.15) is 54.6 Å². The summed E-state index contributed by atoms with van der Waals surface area (Å²) < 4.78 is 124. The fraction of sp³-hybridized carbons (Fsp3) is 0.0455. The van der Waals surface area contributed by atoms with Gasteiger partial charge in [0.2, 0.25) is 0 Å². The highest BCUT2D eigenvalue weighted by molar-refractivity contribution is 7.95. The van der Waals surface area contributed by atoms with Crippen LogP contribution in [0.5, 0.6) is 23.0 Å². The van der Waals surface area contributed by atoms with E-state index in [4.69, 9.17) is 26.2 Å². The molecule has 8 rings (SSSR count). The number of aromatic hydroxyl groups is 3. The van der Waals surface area contributed by atoms with Gasteiger partial charge in [-0.05, 0) is 113 Å². The summed E-state index contributed by atoms with van der Waals surface area (Å²) in [5, 5.41) is 113. The molecule has 0 spiro atoms. The molecule has 0 saturated carbocycles. The first kappa shape index (κ1) is 60.4. The van der Waals surface area contributed by atoms with Crippen LogP contribution in [0.25, 0.3) is 32.3 Å². The molecule has 0 atom stereocenters. The van der Waals surface area contributed by atoms with Crippen molar-refractivity contribution in [2.75, 3.05) is 12.8 Å². The zero-order chi connectivity index (χ0) is 59.3. The minimum absolute atomic E-state index is 0.00611. The van der Waals surface area contributed by atoms with Gasteiger partial charge in [-0.3, -0.25) is 13.7 Å². The second-order valence-corrected chi connectivity index (χ2v) is 22.4. The maximum Gasteiger partial charge on any atom is 0.296 e. The van der Waals surface area contributed by atoms with Crippen molar-refractivity contribution in [1.29, 1.82) is 0 Å². The summed E-state index contributed by atoms with van der Waals surface area (Å²) in [5.74, 6) is -1.91. The monoisotopic (exact) mass is 1250 g/mol. The molecular weight excluding hydrogens is 1210 g/mol. The molecule has 0 amide bonds. The van der Waals surface area contributed by atoms with Crippen LogP contribution in [-0.4, -0.2) is 82.2 Å². The van der Waals surface area contributed by atoms with Gasteiger partial charge >= 0.3 is 0 Å². The number of phenols is 3. The highest BCUT2D eigenvalue weighted by atomic mass is 32.2. The Balaban J connectivity index is 1.18. The zero-order valence-corrected chi connectivity index (χ0v) is 45.2. The summed E-state index contributed by atoms with van der Waals surface area (Å²) in [6.45, 7) is -0.578. The van der Waals surface area contributed by atoms with E-state index in [2.05, 4.69) is 69.0 Å². The lowest BCUT2D eigenvalue weighted by Gasteiger charge is -2.14. The average Bonchev–Trinajstić information content (AvgIpc) is 2.05. The molecular formula is C44H33N9O23S6. The normalized spacial score (nSPS) is 12.7. The molecule has 8 aromatic carbocycles. The number of fused-ring (bicyclic) bond motifs is 3. The van der Waals surface area contributed by atoms with Crippen molar-refractivity contribution in [1.82, 2.24) is 0 Å². The predicted octanol–water partition coefficient (Wildman–Crippen LogP) is 12.0. The summed E-state index contributed by atoms with van der Waals surface area (Å²) in [4.78, 5) is -2.83. The topological polar surface area (TPSA) is 494 Å². The summed E-state index contributed by atoms with van der Waals surface area (Å²) in [6, 6.07) is 19.3. The van der Waals surface area contributed by atoms with Crippen LogP contribution in [0.15, 0.2) is 167 Å². The van der Waals surface area contributed by atoms with E-state index in [1.807, 2.05) is 0 Å². The Morgan fingerprint density at radius 3 is 1.50 bits per heavy atom. The number of phenolic OH excluding ortho intramolecular Hbond substituents is 3. The molecule has 38 heteroatoms. The Hall–Kier alpha value is -7.68. The Kier molecular flexibility index (Phi) is 18.6. The van der Waals surface area contributed by atoms with Crippen molar-refractivity contribution in [2.45, 2.75) is 36.0 Å². The van der Waals surface area contributed by atoms with Crippen LogP contribution >= 0.6 is 36.1 Å². The summed E-state index contributed by atoms with van der Waals surface area (Å²) >= 11 is 1.00. The fourth-order valence-corrected chi connectivity index (χ4v) is 11.0. The third kappa shape index (κ3) is 13.3. The van der Waals surface area contributed by atoms with Crippen LogP contribution in [0.2, 0.25) is 0 Å². The van der Waals surface area contributed by atoms with Crippen LogP contribution in [-0.2, 0) is 65.1 Å². The molecule has 0 bridgehead atoms. The number of hydrogen-bond acceptors (Lipinski definition) is 32. The second kappa shape index (κ2) is 25.2. The highest BCUT2D eigenvalue weighted by Crippen LogP contribution is 2.51. The zero-order valence-electron chi connectivity index (χ0n) is 40.3. The first-order valence-electron chi connectivity index (χ1n) is 21.7. The third-order valence-electron chi connectivity index (χ3n) is 11.1. The quantitative estimate of drug-likeness (QED) is 0.00749. The van der Waals surface area contributed by atoms with Gasteiger partial charge in [0.05, 0.1) is 87.0 Å². The lowest BCUT2D eigenvalue weighted by atomic mass is 10.0. The standard InChI is InChI=1S/C44H33N9O23S6/c1-70-25-5-9-28(30(17-25)77-74-71-58)48-53-41-35(82(67,68)69)15-21-12-24(4-7-27(21)43(41)56)47-52-40-34(81(64,65)66)16-22-14-32(79-76-73-60)39(44(57)36(22)37(40)45)50-46-23-3-6-26-20(11-23)13-31(78-75-72-59)38(42(26)55)51-49-29-8-2-19(18-54)10-33(29)80(61,62)63/h2-17,54-60H,18,45H2,1H3,(H,61,62,63)(H,64,65,66)(H,67,68,69). The van der Waals surface area contributed by atoms with E-state index in [9.17, 15) is 59.3 Å². The summed E-state index contributed by atoms with van der Waals surface area (Å²) in [5.41, 5.74) is 3.06. The molecule has 8 aromatic rings. The van der Waals surface area contributed by atoms with Crippen molar-refractivity contribution >= 4 is 150 Å². The van der Waals surface area contributed by atoms with Crippen LogP contribution in [0.3, 0.4) is 0 Å². The fourth-order valence-electron chi connectivity index (χ4n) is 7.52. The molecule has 0 saturated heterocycles. The SMILES string of the molecule is COc1ccc(N=Nc2c(S(=O)(=O)O)cc3cc(N=Nc4c(S(=O)(=O)O)cc5cc(SOOO)c(N=Nc6ccc7c(O)c(N=Nc8ccc(CO)cc8S(=O)(=O)O)c(SOOO)cc7c6)c(O)c5c4N)ccc3c2O)c(SOOO)c1. The van der Waals surface area contributed by atoms with E-state index in [1.165, 1.54) is 67.8 Å². The number of rotatable bonds is 22. The Labute approximate surface area is 470 Å². The molecule has 0 aliphatic rings. The predicted molar refractivity (Wildman–Crippen MR) is 285 cm³/mol. The van der Waals surface area contributed by atoms with Gasteiger partial charge in [0.25, 0.3) is 30.4 Å². The molecule has 82 heavy (non-hydrogen) atoms. The number of nitrogens with two attached hydrogens (primary N) is 1. The number of nitrogen functional groups attached to an aromatic ring is 1. The Bertz CT molecular complexity index is 4330. The third-order valence-corrected chi connectivity index (χ3v) is 15.6. The number of nitrogens with zero attached hydrogens (tertiary/aromatic N) is 8. The number of anilines is 1. The van der Waals surface area contributed by atoms with Gasteiger partial charge in [-0.25, -0.2) is 15.8 Å². The van der Waals surface area contributed by atoms with E-state index < -0.39 is 97.3 Å². The minimum Gasteiger partial charge on any atom is -0.505 e. The molecule has 12 N–H and O–H groups in total. The molecule has 0 aliphatic carbocycles. The first-order chi connectivity index (χ1) is 39.0. The van der Waals surface area contributed by atoms with E-state index in [-0.39, 0.29) is 87.4 Å². The van der Waals surface area contributed by atoms with Crippen LogP contribution in [0, 0.1) is 0 Å². The first-order valence-corrected chi connectivity index (χ1v) is 28.2. The highest BCUT2D eigenvalue weighted by Gasteiger charge is 2.27. The van der Waals surface area contributed by atoms with Gasteiger partial charge in [0, 0.05) is 10.8 Å². The van der Waals surface area contributed by atoms with Crippen molar-refractivity contribution < 1.29 is 108 Å². The smallest absolute Gasteiger partial charge is 0.296 e. The van der Waals surface area contributed by atoms with E-state index >= 15 is 0 Å². The van der Waals surface area contributed by atoms with Crippen LogP contribution in [0.4, 0.5) is 51.2 Å². The molecule has 0 heterocycles. The summed E-state index contributed by atoms with van der Waals surface area (Å²) in [6.07, 6.45) is 0. The molecule has 0 aromatic heterocycles. The summed E-state index contributed by atoms with van der Waals surface area (Å²) in [7, 11) is -14.0. The lowest BCUT2D eigenvalue weighted by Crippen LogP contribution is -2.02. The van der Waals surface area contributed by atoms with Crippen molar-refractivity contribution in [2.24, 2.45) is 40.9 Å². The van der Waals surface area contributed by atoms with Crippen molar-refractivity contribution in [3.8, 4) is 23.0 Å².